The predicted octanol–water partition coefficient (Wildman–Crippen LogP) is 4.20. The zero-order valence-electron chi connectivity index (χ0n) is 13.4. The van der Waals surface area contributed by atoms with Crippen LogP contribution in [0.25, 0.3) is 22.0 Å². The number of likely N-dealkylation sites (N-methyl/N-ethyl adjacent to an activating group) is 1. The first kappa shape index (κ1) is 15.7. The van der Waals surface area contributed by atoms with Crippen LogP contribution in [0.2, 0.25) is 0 Å². The summed E-state index contributed by atoms with van der Waals surface area (Å²) >= 11 is 0. The minimum atomic E-state index is -0.926. The number of hydrogen-bond donors (Lipinski definition) is 2. The highest BCUT2D eigenvalue weighted by molar-refractivity contribution is 6.00. The Bertz CT molecular complexity index is 1010. The molecule has 0 saturated heterocycles. The molecule has 1 aromatic heterocycles. The van der Waals surface area contributed by atoms with E-state index in [0.717, 1.165) is 41.8 Å². The summed E-state index contributed by atoms with van der Waals surface area (Å²) in [4.78, 5) is 16.1. The highest BCUT2D eigenvalue weighted by Gasteiger charge is 2.24. The fraction of sp³-hybridized carbons (Fsp3) is 0.222. The van der Waals surface area contributed by atoms with Gasteiger partial charge in [-0.25, -0.2) is 8.78 Å². The van der Waals surface area contributed by atoms with E-state index >= 15 is 0 Å². The van der Waals surface area contributed by atoms with Gasteiger partial charge in [0, 0.05) is 18.5 Å². The number of nitroso groups, excluding NO2 is 1. The number of H-pyrrole nitrogens is 1. The van der Waals surface area contributed by atoms with Crippen molar-refractivity contribution in [2.45, 2.75) is 13.0 Å². The average molecular weight is 343 g/mol. The summed E-state index contributed by atoms with van der Waals surface area (Å²) in [6.07, 6.45) is 0.722. The lowest BCUT2D eigenvalue weighted by Crippen LogP contribution is -2.27. The highest BCUT2D eigenvalue weighted by Crippen LogP contribution is 2.43. The van der Waals surface area contributed by atoms with Crippen molar-refractivity contribution in [1.82, 2.24) is 9.88 Å². The van der Waals surface area contributed by atoms with Gasteiger partial charge < -0.3 is 15.0 Å². The molecule has 0 fully saturated rings. The van der Waals surface area contributed by atoms with Crippen LogP contribution in [0, 0.1) is 16.5 Å². The maximum atomic E-state index is 13.7. The Balaban J connectivity index is 2.06. The minimum absolute atomic E-state index is 0.0742. The number of fused-ring (bicyclic) bond motifs is 3. The van der Waals surface area contributed by atoms with Crippen molar-refractivity contribution in [3.63, 3.8) is 0 Å². The van der Waals surface area contributed by atoms with Crippen molar-refractivity contribution < 1.29 is 13.9 Å². The molecule has 0 spiro atoms. The van der Waals surface area contributed by atoms with E-state index in [2.05, 4.69) is 15.1 Å². The summed E-state index contributed by atoms with van der Waals surface area (Å²) in [7, 11) is 1.97. The number of halogens is 2. The van der Waals surface area contributed by atoms with Gasteiger partial charge in [-0.15, -0.1) is 4.91 Å². The third-order valence-electron chi connectivity index (χ3n) is 4.77. The van der Waals surface area contributed by atoms with E-state index in [1.165, 1.54) is 6.07 Å². The second kappa shape index (κ2) is 5.63. The lowest BCUT2D eigenvalue weighted by molar-refractivity contribution is 0.314. The molecule has 1 aliphatic rings. The minimum Gasteiger partial charge on any atom is -0.493 e. The van der Waals surface area contributed by atoms with E-state index in [4.69, 9.17) is 0 Å². The second-order valence-corrected chi connectivity index (χ2v) is 6.33. The van der Waals surface area contributed by atoms with Crippen molar-refractivity contribution in [3.8, 4) is 17.0 Å². The van der Waals surface area contributed by atoms with Gasteiger partial charge in [-0.2, -0.15) is 0 Å². The lowest BCUT2D eigenvalue weighted by atomic mass is 9.88. The Morgan fingerprint density at radius 2 is 2.00 bits per heavy atom. The van der Waals surface area contributed by atoms with Gasteiger partial charge in [0.2, 0.25) is 5.88 Å². The smallest absolute Gasteiger partial charge is 0.219 e. The summed E-state index contributed by atoms with van der Waals surface area (Å²) < 4.78 is 27.0. The largest absolute Gasteiger partial charge is 0.493 e. The van der Waals surface area contributed by atoms with E-state index in [1.54, 1.807) is 6.07 Å². The van der Waals surface area contributed by atoms with Crippen LogP contribution in [-0.4, -0.2) is 28.6 Å². The third-order valence-corrected chi connectivity index (χ3v) is 4.77. The molecule has 0 bridgehead atoms. The van der Waals surface area contributed by atoms with Crippen LogP contribution < -0.4 is 0 Å². The molecule has 4 rings (SSSR count). The Labute approximate surface area is 141 Å². The van der Waals surface area contributed by atoms with Gasteiger partial charge >= 0.3 is 0 Å². The molecule has 1 aliphatic heterocycles. The quantitative estimate of drug-likeness (QED) is 0.685. The molecule has 0 atom stereocenters. The van der Waals surface area contributed by atoms with Gasteiger partial charge in [0.1, 0.15) is 0 Å². The van der Waals surface area contributed by atoms with Crippen molar-refractivity contribution in [2.24, 2.45) is 5.18 Å². The molecule has 5 nitrogen and oxygen atoms in total. The van der Waals surface area contributed by atoms with E-state index in [1.807, 2.05) is 7.05 Å². The van der Waals surface area contributed by atoms with E-state index in [9.17, 15) is 18.8 Å². The Morgan fingerprint density at radius 3 is 2.72 bits per heavy atom. The molecular weight excluding hydrogens is 328 g/mol. The van der Waals surface area contributed by atoms with Gasteiger partial charge in [0.25, 0.3) is 0 Å². The van der Waals surface area contributed by atoms with E-state index < -0.39 is 11.6 Å². The standard InChI is InChI=1S/C18H15F2N3O2/c1-23-5-4-10-11(9-2-3-14(19)15(20)6-9)7-12-16(13(10)8-23)21-18(24)17(12)22-25/h2-3,6-7,21,24H,4-5,8H2,1H3. The first-order chi connectivity index (χ1) is 12.0. The topological polar surface area (TPSA) is 68.7 Å². The van der Waals surface area contributed by atoms with Gasteiger partial charge in [0.15, 0.2) is 17.3 Å². The molecule has 0 saturated carbocycles. The predicted molar refractivity (Wildman–Crippen MR) is 90.8 cm³/mol. The number of benzene rings is 2. The fourth-order valence-corrected chi connectivity index (χ4v) is 3.54. The molecule has 0 amide bonds. The summed E-state index contributed by atoms with van der Waals surface area (Å²) in [5, 5.41) is 13.4. The van der Waals surface area contributed by atoms with Gasteiger partial charge in [-0.3, -0.25) is 0 Å². The maximum absolute atomic E-state index is 13.7. The molecule has 0 aliphatic carbocycles. The SMILES string of the molecule is CN1CCc2c(-c3ccc(F)c(F)c3)cc3c(N=O)c(O)[nH]c3c2C1. The van der Waals surface area contributed by atoms with Crippen LogP contribution in [0.3, 0.4) is 0 Å². The number of nitrogens with one attached hydrogen (secondary N) is 1. The van der Waals surface area contributed by atoms with Crippen LogP contribution >= 0.6 is 0 Å². The maximum Gasteiger partial charge on any atom is 0.219 e. The van der Waals surface area contributed by atoms with Crippen molar-refractivity contribution >= 4 is 16.6 Å². The van der Waals surface area contributed by atoms with Crippen LogP contribution in [0.15, 0.2) is 29.4 Å². The molecule has 0 unspecified atom stereocenters. The number of aromatic hydroxyl groups is 1. The van der Waals surface area contributed by atoms with Crippen LogP contribution in [0.5, 0.6) is 5.88 Å². The van der Waals surface area contributed by atoms with Gasteiger partial charge in [-0.1, -0.05) is 6.07 Å². The Kier molecular flexibility index (Phi) is 3.54. The van der Waals surface area contributed by atoms with E-state index in [0.29, 0.717) is 23.0 Å². The van der Waals surface area contributed by atoms with E-state index in [-0.39, 0.29) is 11.6 Å². The third kappa shape index (κ3) is 2.39. The molecule has 2 heterocycles. The first-order valence-electron chi connectivity index (χ1n) is 7.86. The van der Waals surface area contributed by atoms with Gasteiger partial charge in [-0.05, 0) is 59.1 Å². The molecule has 128 valence electrons. The number of nitrogens with zero attached hydrogens (tertiary/aromatic N) is 2. The fourth-order valence-electron chi connectivity index (χ4n) is 3.54. The van der Waals surface area contributed by atoms with Gasteiger partial charge in [0.05, 0.1) is 5.52 Å². The first-order valence-corrected chi connectivity index (χ1v) is 7.86. The molecular formula is C18H15F2N3O2. The number of hydrogen-bond acceptors (Lipinski definition) is 4. The number of aromatic nitrogens is 1. The molecule has 0 radical (unpaired) electrons. The molecule has 2 aromatic carbocycles. The van der Waals surface area contributed by atoms with Crippen LogP contribution in [-0.2, 0) is 13.0 Å². The van der Waals surface area contributed by atoms with Crippen molar-refractivity contribution in [3.05, 3.63) is 51.9 Å². The molecule has 3 aromatic rings. The Hall–Kier alpha value is -2.80. The molecule has 25 heavy (non-hydrogen) atoms. The number of rotatable bonds is 2. The average Bonchev–Trinajstić information content (AvgIpc) is 2.92. The summed E-state index contributed by atoms with van der Waals surface area (Å²) in [6, 6.07) is 5.46. The summed E-state index contributed by atoms with van der Waals surface area (Å²) in [5.41, 5.74) is 3.75. The second-order valence-electron chi connectivity index (χ2n) is 6.33. The summed E-state index contributed by atoms with van der Waals surface area (Å²) in [5.74, 6) is -2.12. The zero-order valence-corrected chi connectivity index (χ0v) is 13.4. The van der Waals surface area contributed by atoms with Crippen molar-refractivity contribution in [2.75, 3.05) is 13.6 Å². The van der Waals surface area contributed by atoms with Crippen molar-refractivity contribution in [1.29, 1.82) is 0 Å². The highest BCUT2D eigenvalue weighted by atomic mass is 19.2. The molecule has 7 heteroatoms. The van der Waals surface area contributed by atoms with Crippen LogP contribution in [0.4, 0.5) is 14.5 Å². The lowest BCUT2D eigenvalue weighted by Gasteiger charge is -2.27. The zero-order chi connectivity index (χ0) is 17.7. The monoisotopic (exact) mass is 343 g/mol. The Morgan fingerprint density at radius 1 is 1.20 bits per heavy atom. The van der Waals surface area contributed by atoms with Crippen LogP contribution in [0.1, 0.15) is 11.1 Å². The summed E-state index contributed by atoms with van der Waals surface area (Å²) in [6.45, 7) is 1.43. The molecule has 2 N–H and O–H groups in total. The number of aromatic amines is 1. The normalized spacial score (nSPS) is 14.7.